The average Bonchev–Trinajstić information content (AvgIpc) is 2.55. The summed E-state index contributed by atoms with van der Waals surface area (Å²) < 4.78 is 4.28. The highest BCUT2D eigenvalue weighted by molar-refractivity contribution is 6.39. The zero-order chi connectivity index (χ0) is 15.2. The molecule has 1 N–H and O–H groups in total. The molecule has 0 amide bonds. The monoisotopic (exact) mass is 282 g/mol. The number of benzene rings is 2. The molecule has 4 nitrogen and oxygen atoms in total. The maximum Gasteiger partial charge on any atom is 0.378 e. The largest absolute Gasteiger partial charge is 0.507 e. The molecule has 0 unspecified atom stereocenters. The molecular weight excluding hydrogens is 268 g/mol. The maximum atomic E-state index is 11.3. The van der Waals surface area contributed by atoms with Crippen LogP contribution in [0, 0.1) is 0 Å². The Morgan fingerprint density at radius 1 is 0.952 bits per heavy atom. The van der Waals surface area contributed by atoms with Crippen LogP contribution < -0.4 is 0 Å². The highest BCUT2D eigenvalue weighted by Gasteiger charge is 2.12. The zero-order valence-electron chi connectivity index (χ0n) is 11.4. The van der Waals surface area contributed by atoms with Crippen LogP contribution in [0.5, 0.6) is 0 Å². The van der Waals surface area contributed by atoms with Gasteiger partial charge in [-0.25, -0.2) is 4.79 Å². The van der Waals surface area contributed by atoms with Crippen molar-refractivity contribution in [2.24, 2.45) is 0 Å². The number of hydrogen-bond acceptors (Lipinski definition) is 4. The van der Waals surface area contributed by atoms with Crippen LogP contribution in [0.4, 0.5) is 0 Å². The standard InChI is InChI=1S/C17H14O4/c1-21-17(20)16(19)11-15(18)14-9-7-13(8-10-14)12-5-3-2-4-6-12/h2-11,18H,1H3/b15-11-. The van der Waals surface area contributed by atoms with Crippen molar-refractivity contribution in [3.05, 3.63) is 66.2 Å². The first-order valence-corrected chi connectivity index (χ1v) is 6.30. The number of ketones is 1. The third kappa shape index (κ3) is 3.57. The first kappa shape index (κ1) is 14.5. The molecule has 0 spiro atoms. The van der Waals surface area contributed by atoms with Crippen molar-refractivity contribution in [2.75, 3.05) is 7.11 Å². The Morgan fingerprint density at radius 3 is 2.10 bits per heavy atom. The van der Waals surface area contributed by atoms with Crippen molar-refractivity contribution in [1.82, 2.24) is 0 Å². The molecule has 2 rings (SSSR count). The van der Waals surface area contributed by atoms with E-state index in [0.717, 1.165) is 24.3 Å². The third-order valence-electron chi connectivity index (χ3n) is 2.94. The number of hydrogen-bond donors (Lipinski definition) is 1. The van der Waals surface area contributed by atoms with Crippen molar-refractivity contribution in [1.29, 1.82) is 0 Å². The van der Waals surface area contributed by atoms with Crippen LogP contribution >= 0.6 is 0 Å². The van der Waals surface area contributed by atoms with Crippen LogP contribution in [-0.4, -0.2) is 24.0 Å². The van der Waals surface area contributed by atoms with Crippen LogP contribution in [0.3, 0.4) is 0 Å². The van der Waals surface area contributed by atoms with E-state index in [9.17, 15) is 14.7 Å². The van der Waals surface area contributed by atoms with Gasteiger partial charge in [0.1, 0.15) is 5.76 Å². The second-order valence-corrected chi connectivity index (χ2v) is 4.33. The lowest BCUT2D eigenvalue weighted by atomic mass is 10.0. The molecule has 0 atom stereocenters. The van der Waals surface area contributed by atoms with Gasteiger partial charge in [-0.1, -0.05) is 54.6 Å². The Labute approximate surface area is 122 Å². The lowest BCUT2D eigenvalue weighted by molar-refractivity contribution is -0.149. The minimum absolute atomic E-state index is 0.273. The van der Waals surface area contributed by atoms with Crippen LogP contribution in [0.15, 0.2) is 60.7 Å². The molecule has 0 radical (unpaired) electrons. The van der Waals surface area contributed by atoms with E-state index in [1.165, 1.54) is 0 Å². The minimum atomic E-state index is -1.01. The van der Waals surface area contributed by atoms with E-state index >= 15 is 0 Å². The number of rotatable bonds is 4. The van der Waals surface area contributed by atoms with Gasteiger partial charge in [-0.05, 0) is 11.1 Å². The van der Waals surface area contributed by atoms with E-state index in [2.05, 4.69) is 4.74 Å². The predicted molar refractivity (Wildman–Crippen MR) is 79.5 cm³/mol. The number of methoxy groups -OCH3 is 1. The summed E-state index contributed by atoms with van der Waals surface area (Å²) in [5.74, 6) is -2.19. The Kier molecular flexibility index (Phi) is 4.51. The minimum Gasteiger partial charge on any atom is -0.507 e. The van der Waals surface area contributed by atoms with E-state index in [1.54, 1.807) is 12.1 Å². The lowest BCUT2D eigenvalue weighted by Gasteiger charge is -2.04. The van der Waals surface area contributed by atoms with Gasteiger partial charge in [0, 0.05) is 11.6 Å². The highest BCUT2D eigenvalue weighted by atomic mass is 16.5. The van der Waals surface area contributed by atoms with Gasteiger partial charge < -0.3 is 9.84 Å². The van der Waals surface area contributed by atoms with Crippen LogP contribution in [0.2, 0.25) is 0 Å². The fraction of sp³-hybridized carbons (Fsp3) is 0.0588. The lowest BCUT2D eigenvalue weighted by Crippen LogP contribution is -2.13. The van der Waals surface area contributed by atoms with Gasteiger partial charge in [0.25, 0.3) is 5.78 Å². The first-order valence-electron chi connectivity index (χ1n) is 6.30. The van der Waals surface area contributed by atoms with E-state index in [1.807, 2.05) is 42.5 Å². The van der Waals surface area contributed by atoms with Gasteiger partial charge in [0.05, 0.1) is 7.11 Å². The summed E-state index contributed by atoms with van der Waals surface area (Å²) in [6.07, 6.45) is 0.851. The van der Waals surface area contributed by atoms with Crippen LogP contribution in [0.1, 0.15) is 5.56 Å². The molecule has 0 saturated carbocycles. The maximum absolute atomic E-state index is 11.3. The summed E-state index contributed by atoms with van der Waals surface area (Å²) in [6, 6.07) is 16.8. The Balaban J connectivity index is 2.21. The average molecular weight is 282 g/mol. The first-order chi connectivity index (χ1) is 10.1. The zero-order valence-corrected chi connectivity index (χ0v) is 11.4. The molecular formula is C17H14O4. The van der Waals surface area contributed by atoms with Crippen LogP contribution in [-0.2, 0) is 14.3 Å². The number of aliphatic hydroxyl groups is 1. The molecule has 2 aromatic rings. The topological polar surface area (TPSA) is 63.6 Å². The molecule has 0 heterocycles. The second kappa shape index (κ2) is 6.52. The van der Waals surface area contributed by atoms with Gasteiger partial charge in [0.15, 0.2) is 0 Å². The molecule has 0 aliphatic heterocycles. The molecule has 0 aliphatic carbocycles. The molecule has 0 fully saturated rings. The summed E-state index contributed by atoms with van der Waals surface area (Å²) in [6.45, 7) is 0. The van der Waals surface area contributed by atoms with E-state index < -0.39 is 11.8 Å². The molecule has 0 aromatic heterocycles. The van der Waals surface area contributed by atoms with Crippen molar-refractivity contribution < 1.29 is 19.4 Å². The normalized spacial score (nSPS) is 11.0. The smallest absolute Gasteiger partial charge is 0.378 e. The third-order valence-corrected chi connectivity index (χ3v) is 2.94. The molecule has 0 saturated heterocycles. The summed E-state index contributed by atoms with van der Waals surface area (Å²) in [5.41, 5.74) is 2.50. The molecule has 0 bridgehead atoms. The fourth-order valence-electron chi connectivity index (χ4n) is 1.83. The molecule has 0 aliphatic rings. The number of carbonyl (C=O) groups excluding carboxylic acids is 2. The highest BCUT2D eigenvalue weighted by Crippen LogP contribution is 2.21. The van der Waals surface area contributed by atoms with E-state index in [4.69, 9.17) is 0 Å². The molecule has 2 aromatic carbocycles. The second-order valence-electron chi connectivity index (χ2n) is 4.33. The van der Waals surface area contributed by atoms with Crippen LogP contribution in [0.25, 0.3) is 16.9 Å². The number of ether oxygens (including phenoxy) is 1. The van der Waals surface area contributed by atoms with Crippen molar-refractivity contribution in [3.63, 3.8) is 0 Å². The predicted octanol–water partition coefficient (Wildman–Crippen LogP) is 2.99. The molecule has 21 heavy (non-hydrogen) atoms. The van der Waals surface area contributed by atoms with Gasteiger partial charge in [-0.15, -0.1) is 0 Å². The number of esters is 1. The van der Waals surface area contributed by atoms with E-state index in [-0.39, 0.29) is 5.76 Å². The van der Waals surface area contributed by atoms with Crippen molar-refractivity contribution in [2.45, 2.75) is 0 Å². The summed E-state index contributed by atoms with van der Waals surface area (Å²) in [5, 5.41) is 9.83. The summed E-state index contributed by atoms with van der Waals surface area (Å²) in [7, 11) is 1.11. The Hall–Kier alpha value is -2.88. The number of aliphatic hydroxyl groups excluding tert-OH is 1. The SMILES string of the molecule is COC(=O)C(=O)/C=C(\O)c1ccc(-c2ccccc2)cc1. The quantitative estimate of drug-likeness (QED) is 0.405. The summed E-state index contributed by atoms with van der Waals surface area (Å²) in [4.78, 5) is 22.3. The fourth-order valence-corrected chi connectivity index (χ4v) is 1.83. The number of carbonyl (C=O) groups is 2. The van der Waals surface area contributed by atoms with Gasteiger partial charge in [-0.2, -0.15) is 0 Å². The van der Waals surface area contributed by atoms with E-state index in [0.29, 0.717) is 5.56 Å². The van der Waals surface area contributed by atoms with Crippen molar-refractivity contribution >= 4 is 17.5 Å². The van der Waals surface area contributed by atoms with Gasteiger partial charge in [-0.3, -0.25) is 4.79 Å². The molecule has 4 heteroatoms. The van der Waals surface area contributed by atoms with Crippen molar-refractivity contribution in [3.8, 4) is 11.1 Å². The summed E-state index contributed by atoms with van der Waals surface area (Å²) >= 11 is 0. The molecule has 106 valence electrons. The van der Waals surface area contributed by atoms with Gasteiger partial charge in [0.2, 0.25) is 0 Å². The Bertz CT molecular complexity index is 670. The van der Waals surface area contributed by atoms with Gasteiger partial charge >= 0.3 is 5.97 Å². The Morgan fingerprint density at radius 2 is 1.52 bits per heavy atom.